The SMILES string of the molecule is COc1cc(/C=C2/SC(=S)N(c3cccc(SC)c3)C2=O)cc(Br)c1OCc1ccc(Br)cc1. The molecule has 3 aromatic carbocycles. The van der Waals surface area contributed by atoms with Gasteiger partial charge in [-0.3, -0.25) is 9.69 Å². The molecule has 34 heavy (non-hydrogen) atoms. The standard InChI is InChI=1S/C25H19Br2NO3S3/c1-30-21-11-16(10-20(27)23(21)31-14-15-6-8-17(26)9-7-15)12-22-24(29)28(25(32)34-22)18-4-3-5-19(13-18)33-2/h3-13H,14H2,1-2H3/b22-12+. The number of thiocarbonyl (C=S) groups is 1. The monoisotopic (exact) mass is 635 g/mol. The van der Waals surface area contributed by atoms with Gasteiger partial charge in [0, 0.05) is 9.37 Å². The van der Waals surface area contributed by atoms with Gasteiger partial charge in [0.05, 0.1) is 22.2 Å². The molecule has 1 aliphatic heterocycles. The summed E-state index contributed by atoms with van der Waals surface area (Å²) in [6.07, 6.45) is 3.82. The van der Waals surface area contributed by atoms with E-state index in [4.69, 9.17) is 21.7 Å². The van der Waals surface area contributed by atoms with E-state index < -0.39 is 0 Å². The highest BCUT2D eigenvalue weighted by Gasteiger charge is 2.33. The molecule has 3 aromatic rings. The predicted molar refractivity (Wildman–Crippen MR) is 153 cm³/mol. The molecule has 0 unspecified atom stereocenters. The molecule has 1 saturated heterocycles. The average Bonchev–Trinajstić information content (AvgIpc) is 3.11. The Hall–Kier alpha value is -1.78. The summed E-state index contributed by atoms with van der Waals surface area (Å²) in [6.45, 7) is 0.398. The number of rotatable bonds is 7. The van der Waals surface area contributed by atoms with Crippen LogP contribution in [0.25, 0.3) is 6.08 Å². The maximum absolute atomic E-state index is 13.2. The molecule has 1 aliphatic rings. The van der Waals surface area contributed by atoms with E-state index in [2.05, 4.69) is 31.9 Å². The zero-order valence-corrected chi connectivity index (χ0v) is 23.8. The first-order valence-electron chi connectivity index (χ1n) is 10.1. The van der Waals surface area contributed by atoms with E-state index in [0.29, 0.717) is 27.3 Å². The summed E-state index contributed by atoms with van der Waals surface area (Å²) in [4.78, 5) is 16.4. The molecule has 0 N–H and O–H groups in total. The summed E-state index contributed by atoms with van der Waals surface area (Å²) in [5.74, 6) is 1.03. The van der Waals surface area contributed by atoms with Gasteiger partial charge in [-0.25, -0.2) is 0 Å². The van der Waals surface area contributed by atoms with Crippen molar-refractivity contribution in [1.82, 2.24) is 0 Å². The first-order chi connectivity index (χ1) is 16.4. The van der Waals surface area contributed by atoms with E-state index in [0.717, 1.165) is 30.7 Å². The quantitative estimate of drug-likeness (QED) is 0.149. The van der Waals surface area contributed by atoms with Crippen LogP contribution in [-0.2, 0) is 11.4 Å². The summed E-state index contributed by atoms with van der Waals surface area (Å²) < 4.78 is 13.9. The van der Waals surface area contributed by atoms with Crippen LogP contribution in [0.3, 0.4) is 0 Å². The van der Waals surface area contributed by atoms with Crippen molar-refractivity contribution in [3.8, 4) is 11.5 Å². The number of anilines is 1. The highest BCUT2D eigenvalue weighted by molar-refractivity contribution is 9.10. The van der Waals surface area contributed by atoms with Gasteiger partial charge < -0.3 is 9.47 Å². The third-order valence-corrected chi connectivity index (χ3v) is 8.10. The maximum atomic E-state index is 13.2. The summed E-state index contributed by atoms with van der Waals surface area (Å²) in [5, 5.41) is 0. The molecule has 174 valence electrons. The number of hydrogen-bond donors (Lipinski definition) is 0. The van der Waals surface area contributed by atoms with Crippen LogP contribution in [0.2, 0.25) is 0 Å². The minimum atomic E-state index is -0.140. The van der Waals surface area contributed by atoms with Crippen LogP contribution >= 0.6 is 67.6 Å². The molecule has 1 amide bonds. The molecule has 4 rings (SSSR count). The van der Waals surface area contributed by atoms with Crippen molar-refractivity contribution in [2.75, 3.05) is 18.3 Å². The van der Waals surface area contributed by atoms with Crippen molar-refractivity contribution in [1.29, 1.82) is 0 Å². The topological polar surface area (TPSA) is 38.8 Å². The lowest BCUT2D eigenvalue weighted by Crippen LogP contribution is -2.27. The lowest BCUT2D eigenvalue weighted by molar-refractivity contribution is -0.113. The van der Waals surface area contributed by atoms with Crippen molar-refractivity contribution in [2.45, 2.75) is 11.5 Å². The number of carbonyl (C=O) groups is 1. The Morgan fingerprint density at radius 1 is 1.12 bits per heavy atom. The van der Waals surface area contributed by atoms with Gasteiger partial charge in [-0.2, -0.15) is 0 Å². The lowest BCUT2D eigenvalue weighted by atomic mass is 10.1. The largest absolute Gasteiger partial charge is 0.493 e. The molecular weight excluding hydrogens is 618 g/mol. The maximum Gasteiger partial charge on any atom is 0.270 e. The number of methoxy groups -OCH3 is 1. The van der Waals surface area contributed by atoms with Crippen molar-refractivity contribution in [3.05, 3.63) is 85.6 Å². The van der Waals surface area contributed by atoms with Crippen molar-refractivity contribution in [2.24, 2.45) is 0 Å². The van der Waals surface area contributed by atoms with E-state index in [-0.39, 0.29) is 5.91 Å². The van der Waals surface area contributed by atoms with Crippen LogP contribution in [0.4, 0.5) is 5.69 Å². The Morgan fingerprint density at radius 2 is 1.88 bits per heavy atom. The number of amides is 1. The Kier molecular flexibility index (Phi) is 8.42. The normalized spacial score (nSPS) is 14.7. The fourth-order valence-electron chi connectivity index (χ4n) is 3.29. The molecule has 9 heteroatoms. The van der Waals surface area contributed by atoms with Crippen molar-refractivity contribution < 1.29 is 14.3 Å². The summed E-state index contributed by atoms with van der Waals surface area (Å²) >= 11 is 15.5. The molecule has 0 atom stereocenters. The highest BCUT2D eigenvalue weighted by Crippen LogP contribution is 2.40. The summed E-state index contributed by atoms with van der Waals surface area (Å²) in [7, 11) is 1.59. The molecule has 0 radical (unpaired) electrons. The van der Waals surface area contributed by atoms with E-state index in [1.807, 2.05) is 73.0 Å². The molecule has 0 saturated carbocycles. The zero-order chi connectivity index (χ0) is 24.2. The van der Waals surface area contributed by atoms with Crippen molar-refractivity contribution >= 4 is 89.6 Å². The molecule has 0 spiro atoms. The summed E-state index contributed by atoms with van der Waals surface area (Å²) in [5.41, 5.74) is 2.61. The Morgan fingerprint density at radius 3 is 2.59 bits per heavy atom. The molecule has 0 bridgehead atoms. The van der Waals surface area contributed by atoms with E-state index >= 15 is 0 Å². The fourth-order valence-corrected chi connectivity index (χ4v) is 5.88. The molecule has 1 heterocycles. The molecule has 4 nitrogen and oxygen atoms in total. The summed E-state index contributed by atoms with van der Waals surface area (Å²) in [6, 6.07) is 19.5. The third kappa shape index (κ3) is 5.71. The second-order valence-electron chi connectivity index (χ2n) is 7.17. The number of thioether (sulfide) groups is 2. The molecule has 0 aliphatic carbocycles. The second-order valence-corrected chi connectivity index (χ2v) is 11.5. The number of benzene rings is 3. The lowest BCUT2D eigenvalue weighted by Gasteiger charge is -2.15. The minimum absolute atomic E-state index is 0.140. The predicted octanol–water partition coefficient (Wildman–Crippen LogP) is 7.93. The number of carbonyl (C=O) groups excluding carboxylic acids is 1. The average molecular weight is 637 g/mol. The first kappa shape index (κ1) is 25.3. The van der Waals surface area contributed by atoms with Crippen LogP contribution in [0.15, 0.2) is 79.4 Å². The van der Waals surface area contributed by atoms with E-state index in [1.54, 1.807) is 23.8 Å². The Bertz CT molecular complexity index is 1280. The zero-order valence-electron chi connectivity index (χ0n) is 18.2. The van der Waals surface area contributed by atoms with Crippen LogP contribution in [0.5, 0.6) is 11.5 Å². The third-order valence-electron chi connectivity index (χ3n) is 4.95. The van der Waals surface area contributed by atoms with Crippen molar-refractivity contribution in [3.63, 3.8) is 0 Å². The second kappa shape index (κ2) is 11.3. The van der Waals surface area contributed by atoms with Crippen LogP contribution in [0, 0.1) is 0 Å². The van der Waals surface area contributed by atoms with Gasteiger partial charge >= 0.3 is 0 Å². The van der Waals surface area contributed by atoms with E-state index in [9.17, 15) is 4.79 Å². The van der Waals surface area contributed by atoms with Gasteiger partial charge in [-0.15, -0.1) is 11.8 Å². The van der Waals surface area contributed by atoms with Gasteiger partial charge in [0.2, 0.25) is 0 Å². The minimum Gasteiger partial charge on any atom is -0.493 e. The van der Waals surface area contributed by atoms with Gasteiger partial charge in [0.15, 0.2) is 15.8 Å². The smallest absolute Gasteiger partial charge is 0.270 e. The fraction of sp³-hybridized carbons (Fsp3) is 0.120. The number of ether oxygens (including phenoxy) is 2. The molecular formula is C25H19Br2NO3S3. The van der Waals surface area contributed by atoms with Gasteiger partial charge in [-0.05, 0) is 81.9 Å². The Labute approximate surface area is 229 Å². The van der Waals surface area contributed by atoms with E-state index in [1.165, 1.54) is 11.8 Å². The number of nitrogens with zero attached hydrogens (tertiary/aromatic N) is 1. The number of hydrogen-bond acceptors (Lipinski definition) is 6. The van der Waals surface area contributed by atoms with Crippen LogP contribution in [0.1, 0.15) is 11.1 Å². The highest BCUT2D eigenvalue weighted by atomic mass is 79.9. The number of halogens is 2. The van der Waals surface area contributed by atoms with Crippen LogP contribution in [-0.4, -0.2) is 23.6 Å². The van der Waals surface area contributed by atoms with Gasteiger partial charge in [0.25, 0.3) is 5.91 Å². The van der Waals surface area contributed by atoms with Gasteiger partial charge in [0.1, 0.15) is 6.61 Å². The first-order valence-corrected chi connectivity index (χ1v) is 14.1. The molecule has 1 fully saturated rings. The Balaban J connectivity index is 1.57. The van der Waals surface area contributed by atoms with Crippen LogP contribution < -0.4 is 14.4 Å². The van der Waals surface area contributed by atoms with Gasteiger partial charge in [-0.1, -0.05) is 58.1 Å². The molecule has 0 aromatic heterocycles.